The van der Waals surface area contributed by atoms with Gasteiger partial charge in [0.1, 0.15) is 0 Å². The van der Waals surface area contributed by atoms with E-state index in [1.54, 1.807) is 12.4 Å². The number of hydrogen-bond donors (Lipinski definition) is 1. The van der Waals surface area contributed by atoms with Crippen LogP contribution in [0.4, 0.5) is 0 Å². The van der Waals surface area contributed by atoms with Crippen molar-refractivity contribution >= 4 is 11.6 Å². The highest BCUT2D eigenvalue weighted by Crippen LogP contribution is 2.27. The van der Waals surface area contributed by atoms with E-state index in [9.17, 15) is 0 Å². The zero-order valence-corrected chi connectivity index (χ0v) is 11.6. The van der Waals surface area contributed by atoms with Crippen molar-refractivity contribution in [3.05, 3.63) is 34.9 Å². The van der Waals surface area contributed by atoms with Crippen LogP contribution in [0.2, 0.25) is 5.02 Å². The Kier molecular flexibility index (Phi) is 4.04. The van der Waals surface area contributed by atoms with Crippen LogP contribution in [0.3, 0.4) is 0 Å². The summed E-state index contributed by atoms with van der Waals surface area (Å²) in [6.07, 6.45) is 4.53. The zero-order chi connectivity index (χ0) is 13.1. The summed E-state index contributed by atoms with van der Waals surface area (Å²) in [5.74, 6) is 0. The summed E-state index contributed by atoms with van der Waals surface area (Å²) in [6, 6.07) is 2.01. The number of aryl methyl sites for hydroxylation is 2. The van der Waals surface area contributed by atoms with Gasteiger partial charge in [-0.1, -0.05) is 18.5 Å². The average molecular weight is 268 g/mol. The van der Waals surface area contributed by atoms with Crippen molar-refractivity contribution in [2.24, 2.45) is 14.1 Å². The minimum absolute atomic E-state index is 0.0115. The third kappa shape index (κ3) is 2.42. The molecule has 5 nitrogen and oxygen atoms in total. The van der Waals surface area contributed by atoms with E-state index in [0.717, 1.165) is 24.4 Å². The lowest BCUT2D eigenvalue weighted by Gasteiger charge is -2.19. The number of aromatic nitrogens is 4. The van der Waals surface area contributed by atoms with Gasteiger partial charge in [-0.3, -0.25) is 9.36 Å². The smallest absolute Gasteiger partial charge is 0.0933 e. The first kappa shape index (κ1) is 13.1. The van der Waals surface area contributed by atoms with E-state index in [2.05, 4.69) is 22.4 Å². The van der Waals surface area contributed by atoms with Gasteiger partial charge in [0.05, 0.1) is 28.6 Å². The third-order valence-electron chi connectivity index (χ3n) is 2.96. The second-order valence-corrected chi connectivity index (χ2v) is 4.68. The van der Waals surface area contributed by atoms with Gasteiger partial charge in [0.25, 0.3) is 0 Å². The molecule has 18 heavy (non-hydrogen) atoms. The molecule has 2 rings (SSSR count). The fraction of sp³-hybridized carbons (Fsp3) is 0.500. The highest BCUT2D eigenvalue weighted by molar-refractivity contribution is 6.31. The Morgan fingerprint density at radius 2 is 2.11 bits per heavy atom. The molecule has 1 atom stereocenters. The molecule has 0 bridgehead atoms. The van der Waals surface area contributed by atoms with Gasteiger partial charge in [0.15, 0.2) is 0 Å². The summed E-state index contributed by atoms with van der Waals surface area (Å²) in [5.41, 5.74) is 2.04. The largest absolute Gasteiger partial charge is 0.304 e. The molecular formula is C12H18ClN5. The van der Waals surface area contributed by atoms with E-state index in [1.807, 2.05) is 29.5 Å². The van der Waals surface area contributed by atoms with E-state index in [1.165, 1.54) is 0 Å². The summed E-state index contributed by atoms with van der Waals surface area (Å²) >= 11 is 6.23. The Balaban J connectivity index is 2.40. The molecule has 1 unspecified atom stereocenters. The number of hydrogen-bond acceptors (Lipinski definition) is 3. The molecule has 1 N–H and O–H groups in total. The molecule has 0 radical (unpaired) electrons. The van der Waals surface area contributed by atoms with Crippen LogP contribution in [0.25, 0.3) is 0 Å². The summed E-state index contributed by atoms with van der Waals surface area (Å²) in [7, 11) is 3.83. The van der Waals surface area contributed by atoms with E-state index < -0.39 is 0 Å². The van der Waals surface area contributed by atoms with Crippen molar-refractivity contribution in [3.63, 3.8) is 0 Å². The van der Waals surface area contributed by atoms with E-state index >= 15 is 0 Å². The van der Waals surface area contributed by atoms with Crippen molar-refractivity contribution < 1.29 is 0 Å². The van der Waals surface area contributed by atoms with Crippen molar-refractivity contribution in [2.45, 2.75) is 19.4 Å². The quantitative estimate of drug-likeness (QED) is 0.900. The molecule has 0 aromatic carbocycles. The maximum Gasteiger partial charge on any atom is 0.0933 e. The highest BCUT2D eigenvalue weighted by atomic mass is 35.5. The minimum Gasteiger partial charge on any atom is -0.304 e. The lowest BCUT2D eigenvalue weighted by atomic mass is 10.1. The molecule has 2 aromatic rings. The van der Waals surface area contributed by atoms with Gasteiger partial charge in [-0.25, -0.2) is 0 Å². The fourth-order valence-electron chi connectivity index (χ4n) is 2.04. The Morgan fingerprint density at radius 1 is 1.33 bits per heavy atom. The summed E-state index contributed by atoms with van der Waals surface area (Å²) < 4.78 is 3.67. The van der Waals surface area contributed by atoms with Crippen LogP contribution in [0.5, 0.6) is 0 Å². The molecule has 0 fully saturated rings. The van der Waals surface area contributed by atoms with Crippen LogP contribution in [0.15, 0.2) is 18.5 Å². The lowest BCUT2D eigenvalue weighted by Crippen LogP contribution is -2.27. The average Bonchev–Trinajstić information content (AvgIpc) is 2.90. The molecule has 0 spiro atoms. The van der Waals surface area contributed by atoms with Crippen LogP contribution < -0.4 is 5.32 Å². The summed E-state index contributed by atoms with van der Waals surface area (Å²) in [6.45, 7) is 3.05. The first-order valence-corrected chi connectivity index (χ1v) is 6.41. The fourth-order valence-corrected chi connectivity index (χ4v) is 2.32. The van der Waals surface area contributed by atoms with Crippen molar-refractivity contribution in [1.29, 1.82) is 0 Å². The monoisotopic (exact) mass is 267 g/mol. The molecule has 0 saturated heterocycles. The first-order chi connectivity index (χ1) is 8.65. The number of rotatable bonds is 5. The molecular weight excluding hydrogens is 250 g/mol. The zero-order valence-electron chi connectivity index (χ0n) is 10.9. The molecule has 2 heterocycles. The number of halogens is 1. The summed E-state index contributed by atoms with van der Waals surface area (Å²) in [5, 5.41) is 12.6. The normalized spacial score (nSPS) is 12.9. The molecule has 6 heteroatoms. The van der Waals surface area contributed by atoms with Crippen LogP contribution >= 0.6 is 11.6 Å². The second-order valence-electron chi connectivity index (χ2n) is 4.27. The maximum atomic E-state index is 6.23. The third-order valence-corrected chi connectivity index (χ3v) is 3.26. The SMILES string of the molecule is CCCNC(c1ccnn1C)c1c(Cl)cnn1C. The van der Waals surface area contributed by atoms with E-state index in [-0.39, 0.29) is 6.04 Å². The first-order valence-electron chi connectivity index (χ1n) is 6.03. The molecule has 0 amide bonds. The minimum atomic E-state index is 0.0115. The van der Waals surface area contributed by atoms with Crippen LogP contribution in [-0.4, -0.2) is 26.1 Å². The van der Waals surface area contributed by atoms with Gasteiger partial charge in [-0.15, -0.1) is 0 Å². The lowest BCUT2D eigenvalue weighted by molar-refractivity contribution is 0.520. The summed E-state index contributed by atoms with van der Waals surface area (Å²) in [4.78, 5) is 0. The van der Waals surface area contributed by atoms with Crippen molar-refractivity contribution in [3.8, 4) is 0 Å². The number of nitrogens with zero attached hydrogens (tertiary/aromatic N) is 4. The highest BCUT2D eigenvalue weighted by Gasteiger charge is 2.22. The van der Waals surface area contributed by atoms with Crippen LogP contribution in [-0.2, 0) is 14.1 Å². The van der Waals surface area contributed by atoms with Crippen molar-refractivity contribution in [2.75, 3.05) is 6.54 Å². The molecule has 0 aliphatic heterocycles. The molecule has 0 aliphatic rings. The van der Waals surface area contributed by atoms with Gasteiger partial charge in [-0.2, -0.15) is 10.2 Å². The van der Waals surface area contributed by atoms with Gasteiger partial charge < -0.3 is 5.32 Å². The van der Waals surface area contributed by atoms with Gasteiger partial charge >= 0.3 is 0 Å². The molecule has 0 saturated carbocycles. The Morgan fingerprint density at radius 3 is 2.61 bits per heavy atom. The van der Waals surface area contributed by atoms with Crippen LogP contribution in [0, 0.1) is 0 Å². The second kappa shape index (κ2) is 5.54. The van der Waals surface area contributed by atoms with Gasteiger partial charge in [0.2, 0.25) is 0 Å². The van der Waals surface area contributed by atoms with Crippen LogP contribution in [0.1, 0.15) is 30.8 Å². The van der Waals surface area contributed by atoms with Crippen molar-refractivity contribution in [1.82, 2.24) is 24.9 Å². The Bertz CT molecular complexity index is 497. The van der Waals surface area contributed by atoms with Gasteiger partial charge in [0, 0.05) is 20.3 Å². The standard InChI is InChI=1S/C12H18ClN5/c1-4-6-14-11(10-5-7-15-17(10)2)12-9(13)8-16-18(12)3/h5,7-8,11,14H,4,6H2,1-3H3. The number of nitrogens with one attached hydrogen (secondary N) is 1. The Labute approximate surface area is 112 Å². The molecule has 2 aromatic heterocycles. The molecule has 98 valence electrons. The topological polar surface area (TPSA) is 47.7 Å². The van der Waals surface area contributed by atoms with Gasteiger partial charge in [-0.05, 0) is 19.0 Å². The predicted octanol–water partition coefficient (Wildman–Crippen LogP) is 1.90. The van der Waals surface area contributed by atoms with E-state index in [4.69, 9.17) is 11.6 Å². The molecule has 0 aliphatic carbocycles. The van der Waals surface area contributed by atoms with E-state index in [0.29, 0.717) is 5.02 Å². The predicted molar refractivity (Wildman–Crippen MR) is 71.6 cm³/mol. The Hall–Kier alpha value is -1.33. The maximum absolute atomic E-state index is 6.23.